The summed E-state index contributed by atoms with van der Waals surface area (Å²) < 4.78 is 26.9. The van der Waals surface area contributed by atoms with Gasteiger partial charge in [-0.3, -0.25) is 10.1 Å². The summed E-state index contributed by atoms with van der Waals surface area (Å²) in [6.45, 7) is 5.04. The summed E-state index contributed by atoms with van der Waals surface area (Å²) in [6.07, 6.45) is 3.02. The molecule has 0 amide bonds. The molecule has 0 spiro atoms. The molecule has 1 saturated heterocycles. The summed E-state index contributed by atoms with van der Waals surface area (Å²) in [6, 6.07) is 4.12. The van der Waals surface area contributed by atoms with Gasteiger partial charge < -0.3 is 10.2 Å². The molecule has 1 fully saturated rings. The number of likely N-dealkylation sites (N-methyl/N-ethyl adjacent to an activating group) is 1. The topological polar surface area (TPSA) is 97.0 Å². The maximum absolute atomic E-state index is 12.8. The van der Waals surface area contributed by atoms with Gasteiger partial charge in [-0.15, -0.1) is 0 Å². The third kappa shape index (κ3) is 4.90. The fourth-order valence-electron chi connectivity index (χ4n) is 2.83. The van der Waals surface area contributed by atoms with E-state index in [-0.39, 0.29) is 10.6 Å². The van der Waals surface area contributed by atoms with Gasteiger partial charge in [-0.05, 0) is 18.6 Å². The Bertz CT molecular complexity index is 700. The zero-order valence-corrected chi connectivity index (χ0v) is 15.6. The summed E-state index contributed by atoms with van der Waals surface area (Å²) in [7, 11) is -1.68. The predicted octanol–water partition coefficient (Wildman–Crippen LogP) is 0.716. The van der Waals surface area contributed by atoms with Crippen LogP contribution < -0.4 is 10.2 Å². The number of sulfonamides is 1. The van der Waals surface area contributed by atoms with Crippen LogP contribution in [0.1, 0.15) is 26.2 Å². The quantitative estimate of drug-likeness (QED) is 0.399. The molecule has 0 bridgehead atoms. The van der Waals surface area contributed by atoms with Gasteiger partial charge in [-0.2, -0.15) is 4.31 Å². The number of nitrogens with one attached hydrogen (secondary N) is 2. The zero-order valence-electron chi connectivity index (χ0n) is 14.8. The number of rotatable bonds is 8. The SMILES string of the molecule is CCCCCNc1ccc(S(=O)(=O)N2CC[NH+](C)CC2)cc1[N+](=O)[O-]. The molecule has 2 N–H and O–H groups in total. The van der Waals surface area contributed by atoms with Crippen molar-refractivity contribution in [3.8, 4) is 0 Å². The molecule has 1 aromatic rings. The Morgan fingerprint density at radius 1 is 1.28 bits per heavy atom. The Labute approximate surface area is 149 Å². The van der Waals surface area contributed by atoms with E-state index >= 15 is 0 Å². The molecule has 1 aliphatic rings. The number of quaternary nitrogens is 1. The molecular formula is C16H27N4O4S+. The van der Waals surface area contributed by atoms with Crippen LogP contribution in [0.15, 0.2) is 23.1 Å². The van der Waals surface area contributed by atoms with Crippen LogP contribution in [0.4, 0.5) is 11.4 Å². The molecule has 0 atom stereocenters. The van der Waals surface area contributed by atoms with Crippen molar-refractivity contribution < 1.29 is 18.2 Å². The first kappa shape index (κ1) is 19.6. The van der Waals surface area contributed by atoms with Gasteiger partial charge in [0.25, 0.3) is 5.69 Å². The van der Waals surface area contributed by atoms with Crippen molar-refractivity contribution in [3.63, 3.8) is 0 Å². The lowest BCUT2D eigenvalue weighted by molar-refractivity contribution is -0.883. The molecule has 0 radical (unpaired) electrons. The second kappa shape index (κ2) is 8.59. The van der Waals surface area contributed by atoms with Gasteiger partial charge in [0.1, 0.15) is 5.69 Å². The lowest BCUT2D eigenvalue weighted by Crippen LogP contribution is -3.12. The van der Waals surface area contributed by atoms with Crippen LogP contribution in [0.2, 0.25) is 0 Å². The minimum absolute atomic E-state index is 0.0159. The number of benzene rings is 1. The number of hydrogen-bond donors (Lipinski definition) is 2. The van der Waals surface area contributed by atoms with Crippen molar-refractivity contribution in [3.05, 3.63) is 28.3 Å². The molecule has 0 unspecified atom stereocenters. The first-order chi connectivity index (χ1) is 11.9. The largest absolute Gasteiger partial charge is 0.379 e. The Balaban J connectivity index is 2.21. The molecule has 8 nitrogen and oxygen atoms in total. The van der Waals surface area contributed by atoms with Gasteiger partial charge in [0.05, 0.1) is 43.0 Å². The summed E-state index contributed by atoms with van der Waals surface area (Å²) in [5.74, 6) is 0. The first-order valence-electron chi connectivity index (χ1n) is 8.70. The average Bonchev–Trinajstić information content (AvgIpc) is 2.59. The second-order valence-electron chi connectivity index (χ2n) is 6.43. The van der Waals surface area contributed by atoms with Gasteiger partial charge in [-0.25, -0.2) is 8.42 Å². The third-order valence-electron chi connectivity index (χ3n) is 4.48. The predicted molar refractivity (Wildman–Crippen MR) is 96.5 cm³/mol. The summed E-state index contributed by atoms with van der Waals surface area (Å²) in [4.78, 5) is 12.1. The van der Waals surface area contributed by atoms with Crippen molar-refractivity contribution >= 4 is 21.4 Å². The Hall–Kier alpha value is -1.71. The maximum Gasteiger partial charge on any atom is 0.293 e. The molecule has 25 heavy (non-hydrogen) atoms. The van der Waals surface area contributed by atoms with Crippen molar-refractivity contribution in [1.29, 1.82) is 0 Å². The van der Waals surface area contributed by atoms with Crippen LogP contribution in [0.5, 0.6) is 0 Å². The van der Waals surface area contributed by atoms with Crippen LogP contribution in [0.3, 0.4) is 0 Å². The standard InChI is InChI=1S/C16H26N4O4S/c1-3-4-5-8-17-15-7-6-14(13-16(15)20(21)22)25(23,24)19-11-9-18(2)10-12-19/h6-7,13,17H,3-5,8-12H2,1-2H3/p+1. The summed E-state index contributed by atoms with van der Waals surface area (Å²) >= 11 is 0. The number of nitro benzene ring substituents is 1. The molecule has 9 heteroatoms. The second-order valence-corrected chi connectivity index (χ2v) is 8.37. The Kier molecular flexibility index (Phi) is 6.74. The van der Waals surface area contributed by atoms with Crippen LogP contribution >= 0.6 is 0 Å². The minimum Gasteiger partial charge on any atom is -0.379 e. The molecule has 1 aliphatic heterocycles. The fourth-order valence-corrected chi connectivity index (χ4v) is 4.29. The van der Waals surface area contributed by atoms with E-state index in [1.807, 2.05) is 7.05 Å². The normalized spacial score (nSPS) is 16.7. The number of nitrogens with zero attached hydrogens (tertiary/aromatic N) is 2. The number of unbranched alkanes of at least 4 members (excludes halogenated alkanes) is 2. The highest BCUT2D eigenvalue weighted by atomic mass is 32.2. The van der Waals surface area contributed by atoms with Gasteiger partial charge in [-0.1, -0.05) is 19.8 Å². The lowest BCUT2D eigenvalue weighted by atomic mass is 10.2. The maximum atomic E-state index is 12.8. The van der Waals surface area contributed by atoms with Gasteiger partial charge >= 0.3 is 0 Å². The minimum atomic E-state index is -3.70. The van der Waals surface area contributed by atoms with E-state index in [1.165, 1.54) is 27.4 Å². The number of anilines is 1. The third-order valence-corrected chi connectivity index (χ3v) is 6.37. The van der Waals surface area contributed by atoms with Crippen molar-refractivity contribution in [2.24, 2.45) is 0 Å². The molecule has 1 aromatic carbocycles. The molecule has 0 saturated carbocycles. The van der Waals surface area contributed by atoms with E-state index < -0.39 is 14.9 Å². The zero-order chi connectivity index (χ0) is 18.4. The molecule has 140 valence electrons. The molecular weight excluding hydrogens is 344 g/mol. The first-order valence-corrected chi connectivity index (χ1v) is 10.1. The summed E-state index contributed by atoms with van der Waals surface area (Å²) in [5.41, 5.74) is 0.167. The number of hydrogen-bond acceptors (Lipinski definition) is 5. The van der Waals surface area contributed by atoms with Gasteiger partial charge in [0.15, 0.2) is 0 Å². The molecule has 2 rings (SSSR count). The highest BCUT2D eigenvalue weighted by Crippen LogP contribution is 2.29. The van der Waals surface area contributed by atoms with Gasteiger partial charge in [0.2, 0.25) is 10.0 Å². The molecule has 0 aliphatic carbocycles. The summed E-state index contributed by atoms with van der Waals surface area (Å²) in [5, 5.41) is 14.4. The Morgan fingerprint density at radius 2 is 1.96 bits per heavy atom. The van der Waals surface area contributed by atoms with E-state index in [9.17, 15) is 18.5 Å². The van der Waals surface area contributed by atoms with Crippen LogP contribution in [0, 0.1) is 10.1 Å². The van der Waals surface area contributed by atoms with E-state index in [1.54, 1.807) is 0 Å². The highest BCUT2D eigenvalue weighted by Gasteiger charge is 2.30. The van der Waals surface area contributed by atoms with E-state index in [2.05, 4.69) is 12.2 Å². The molecule has 0 aromatic heterocycles. The van der Waals surface area contributed by atoms with E-state index in [0.717, 1.165) is 32.4 Å². The fraction of sp³-hybridized carbons (Fsp3) is 0.625. The van der Waals surface area contributed by atoms with Crippen molar-refractivity contribution in [2.45, 2.75) is 31.1 Å². The number of nitro groups is 1. The van der Waals surface area contributed by atoms with Crippen LogP contribution in [-0.2, 0) is 10.0 Å². The van der Waals surface area contributed by atoms with Gasteiger partial charge in [0, 0.05) is 12.6 Å². The highest BCUT2D eigenvalue weighted by molar-refractivity contribution is 7.89. The van der Waals surface area contributed by atoms with E-state index in [4.69, 9.17) is 0 Å². The van der Waals surface area contributed by atoms with Crippen LogP contribution in [-0.4, -0.2) is 57.4 Å². The molecule has 1 heterocycles. The van der Waals surface area contributed by atoms with E-state index in [0.29, 0.717) is 25.3 Å². The monoisotopic (exact) mass is 371 g/mol. The van der Waals surface area contributed by atoms with Crippen molar-refractivity contribution in [1.82, 2.24) is 4.31 Å². The lowest BCUT2D eigenvalue weighted by Gasteiger charge is -2.29. The van der Waals surface area contributed by atoms with Crippen LogP contribution in [0.25, 0.3) is 0 Å². The van der Waals surface area contributed by atoms with Crippen molar-refractivity contribution in [2.75, 3.05) is 45.1 Å². The Morgan fingerprint density at radius 3 is 2.56 bits per heavy atom. The number of piperazine rings is 1. The average molecular weight is 371 g/mol. The smallest absolute Gasteiger partial charge is 0.293 e.